The average molecular weight is 431 g/mol. The molecule has 0 radical (unpaired) electrons. The number of rotatable bonds is 2. The molecule has 9 heteroatoms. The van der Waals surface area contributed by atoms with E-state index in [0.29, 0.717) is 24.9 Å². The highest BCUT2D eigenvalue weighted by molar-refractivity contribution is 5.98. The predicted molar refractivity (Wildman–Crippen MR) is 102 cm³/mol. The van der Waals surface area contributed by atoms with Crippen molar-refractivity contribution in [3.8, 4) is 0 Å². The van der Waals surface area contributed by atoms with Gasteiger partial charge in [0.2, 0.25) is 0 Å². The smallest absolute Gasteiger partial charge is 0.275 e. The van der Waals surface area contributed by atoms with Gasteiger partial charge in [-0.1, -0.05) is 0 Å². The van der Waals surface area contributed by atoms with Gasteiger partial charge in [-0.3, -0.25) is 14.5 Å². The number of ketones is 1. The molecule has 162 valence electrons. The standard InChI is InChI=1S/C22H20F3N3O3/c23-14-8-13(9-15(24)10-14)17-3-4-19-28(17)12-22(31-19)5-7-27(11-18(22)29)21(30)20-16(25)2-1-6-26-20/h1-2,6,8-10,17,19H,3-5,7,11-12H2/t17-,19+,22?/m0/s1. The summed E-state index contributed by atoms with van der Waals surface area (Å²) in [4.78, 5) is 32.7. The molecule has 3 saturated heterocycles. The molecule has 3 aliphatic rings. The zero-order valence-corrected chi connectivity index (χ0v) is 16.6. The number of ether oxygens (including phenoxy) is 1. The lowest BCUT2D eigenvalue weighted by molar-refractivity contribution is -0.148. The van der Waals surface area contributed by atoms with Gasteiger partial charge < -0.3 is 9.64 Å². The van der Waals surface area contributed by atoms with Gasteiger partial charge in [0.05, 0.1) is 6.54 Å². The minimum atomic E-state index is -1.07. The Morgan fingerprint density at radius 1 is 1.16 bits per heavy atom. The average Bonchev–Trinajstić information content (AvgIpc) is 3.27. The minimum Gasteiger partial charge on any atom is -0.347 e. The van der Waals surface area contributed by atoms with Gasteiger partial charge in [-0.15, -0.1) is 0 Å². The van der Waals surface area contributed by atoms with E-state index in [2.05, 4.69) is 4.98 Å². The summed E-state index contributed by atoms with van der Waals surface area (Å²) >= 11 is 0. The van der Waals surface area contributed by atoms with Crippen LogP contribution in [0.5, 0.6) is 0 Å². The Morgan fingerprint density at radius 3 is 2.65 bits per heavy atom. The maximum Gasteiger partial charge on any atom is 0.275 e. The number of Topliss-reactive ketones (excluding diaryl/α,β-unsaturated/α-hetero) is 1. The molecule has 3 atom stereocenters. The Bertz CT molecular complexity index is 1050. The molecule has 3 aliphatic heterocycles. The van der Waals surface area contributed by atoms with Crippen molar-refractivity contribution >= 4 is 11.7 Å². The van der Waals surface area contributed by atoms with Crippen LogP contribution in [0.15, 0.2) is 36.5 Å². The fraction of sp³-hybridized carbons (Fsp3) is 0.409. The Morgan fingerprint density at radius 2 is 1.94 bits per heavy atom. The van der Waals surface area contributed by atoms with Crippen molar-refractivity contribution < 1.29 is 27.5 Å². The highest BCUT2D eigenvalue weighted by Gasteiger charge is 2.56. The summed E-state index contributed by atoms with van der Waals surface area (Å²) in [7, 11) is 0. The van der Waals surface area contributed by atoms with E-state index in [-0.39, 0.29) is 43.3 Å². The van der Waals surface area contributed by atoms with Gasteiger partial charge >= 0.3 is 0 Å². The van der Waals surface area contributed by atoms with Crippen LogP contribution in [0.3, 0.4) is 0 Å². The van der Waals surface area contributed by atoms with Gasteiger partial charge in [-0.25, -0.2) is 18.2 Å². The summed E-state index contributed by atoms with van der Waals surface area (Å²) in [5.41, 5.74) is -0.868. The maximum absolute atomic E-state index is 13.9. The van der Waals surface area contributed by atoms with Gasteiger partial charge in [0.25, 0.3) is 5.91 Å². The molecule has 0 aliphatic carbocycles. The number of aromatic nitrogens is 1. The van der Waals surface area contributed by atoms with Gasteiger partial charge in [-0.2, -0.15) is 0 Å². The van der Waals surface area contributed by atoms with E-state index in [1.807, 2.05) is 4.90 Å². The Balaban J connectivity index is 1.32. The largest absolute Gasteiger partial charge is 0.347 e. The fourth-order valence-electron chi connectivity index (χ4n) is 4.90. The van der Waals surface area contributed by atoms with Crippen molar-refractivity contribution in [2.75, 3.05) is 19.6 Å². The monoisotopic (exact) mass is 431 g/mol. The quantitative estimate of drug-likeness (QED) is 0.732. The molecule has 1 unspecified atom stereocenters. The fourth-order valence-corrected chi connectivity index (χ4v) is 4.90. The van der Waals surface area contributed by atoms with Crippen LogP contribution in [0.1, 0.15) is 41.4 Å². The zero-order valence-electron chi connectivity index (χ0n) is 16.6. The molecule has 4 heterocycles. The van der Waals surface area contributed by atoms with Gasteiger partial charge in [0, 0.05) is 37.8 Å². The minimum absolute atomic E-state index is 0.200. The molecule has 5 rings (SSSR count). The lowest BCUT2D eigenvalue weighted by atomic mass is 9.89. The summed E-state index contributed by atoms with van der Waals surface area (Å²) < 4.78 is 47.5. The highest BCUT2D eigenvalue weighted by atomic mass is 19.1. The predicted octanol–water partition coefficient (Wildman–Crippen LogP) is 2.85. The lowest BCUT2D eigenvalue weighted by Gasteiger charge is -2.37. The van der Waals surface area contributed by atoms with E-state index in [4.69, 9.17) is 4.74 Å². The van der Waals surface area contributed by atoms with Crippen molar-refractivity contribution in [1.29, 1.82) is 0 Å². The first kappa shape index (κ1) is 20.1. The third kappa shape index (κ3) is 3.41. The zero-order chi connectivity index (χ0) is 21.8. The first-order valence-corrected chi connectivity index (χ1v) is 10.2. The summed E-state index contributed by atoms with van der Waals surface area (Å²) in [6.07, 6.45) is 2.58. The molecule has 31 heavy (non-hydrogen) atoms. The second-order valence-electron chi connectivity index (χ2n) is 8.27. The van der Waals surface area contributed by atoms with Crippen LogP contribution in [0.4, 0.5) is 13.2 Å². The van der Waals surface area contributed by atoms with E-state index < -0.39 is 29.0 Å². The summed E-state index contributed by atoms with van der Waals surface area (Å²) in [6, 6.07) is 5.75. The van der Waals surface area contributed by atoms with Crippen LogP contribution in [0, 0.1) is 17.5 Å². The SMILES string of the molecule is O=C(c1ncccc1F)N1CCC2(CN3[C@@H](CC[C@H]3c3cc(F)cc(F)c3)O2)C(=O)C1. The van der Waals surface area contributed by atoms with Crippen LogP contribution in [-0.4, -0.2) is 57.9 Å². The second-order valence-corrected chi connectivity index (χ2v) is 8.27. The van der Waals surface area contributed by atoms with Crippen molar-refractivity contribution in [3.05, 3.63) is 65.2 Å². The first-order valence-electron chi connectivity index (χ1n) is 10.2. The number of pyridine rings is 1. The van der Waals surface area contributed by atoms with Crippen LogP contribution in [0.25, 0.3) is 0 Å². The van der Waals surface area contributed by atoms with Crippen molar-refractivity contribution in [2.45, 2.75) is 37.1 Å². The number of piperidine rings is 1. The number of amides is 1. The van der Waals surface area contributed by atoms with Gasteiger partial charge in [0.15, 0.2) is 17.3 Å². The number of hydrogen-bond acceptors (Lipinski definition) is 5. The molecule has 3 fully saturated rings. The maximum atomic E-state index is 13.9. The molecule has 0 saturated carbocycles. The normalized spacial score (nSPS) is 28.4. The first-order chi connectivity index (χ1) is 14.9. The molecule has 6 nitrogen and oxygen atoms in total. The van der Waals surface area contributed by atoms with E-state index in [1.54, 1.807) is 0 Å². The number of fused-ring (bicyclic) bond motifs is 1. The van der Waals surface area contributed by atoms with E-state index in [9.17, 15) is 22.8 Å². The lowest BCUT2D eigenvalue weighted by Crippen LogP contribution is -2.56. The van der Waals surface area contributed by atoms with Crippen LogP contribution < -0.4 is 0 Å². The number of carbonyl (C=O) groups is 2. The number of hydrogen-bond donors (Lipinski definition) is 0. The summed E-state index contributed by atoms with van der Waals surface area (Å²) in [5.74, 6) is -2.91. The molecule has 1 aromatic carbocycles. The van der Waals surface area contributed by atoms with Crippen LogP contribution >= 0.6 is 0 Å². The highest BCUT2D eigenvalue weighted by Crippen LogP contribution is 2.46. The van der Waals surface area contributed by atoms with Crippen LogP contribution in [0.2, 0.25) is 0 Å². The Labute approximate surface area is 176 Å². The molecule has 1 aromatic heterocycles. The molecule has 0 bridgehead atoms. The third-order valence-corrected chi connectivity index (χ3v) is 6.40. The topological polar surface area (TPSA) is 62.7 Å². The number of benzene rings is 1. The van der Waals surface area contributed by atoms with Crippen molar-refractivity contribution in [2.24, 2.45) is 0 Å². The number of halogens is 3. The van der Waals surface area contributed by atoms with Gasteiger partial charge in [0.1, 0.15) is 23.5 Å². The van der Waals surface area contributed by atoms with Gasteiger partial charge in [-0.05, 0) is 42.7 Å². The molecule has 1 amide bonds. The summed E-state index contributed by atoms with van der Waals surface area (Å²) in [6.45, 7) is 0.314. The molecule has 1 spiro atoms. The molecular formula is C22H20F3N3O3. The Hall–Kier alpha value is -2.78. The molecule has 0 N–H and O–H groups in total. The molecule has 2 aromatic rings. The molecular weight excluding hydrogens is 411 g/mol. The van der Waals surface area contributed by atoms with Crippen molar-refractivity contribution in [1.82, 2.24) is 14.8 Å². The van der Waals surface area contributed by atoms with E-state index in [0.717, 1.165) is 12.1 Å². The van der Waals surface area contributed by atoms with Crippen LogP contribution in [-0.2, 0) is 9.53 Å². The van der Waals surface area contributed by atoms with E-state index >= 15 is 0 Å². The second kappa shape index (κ2) is 7.42. The number of carbonyl (C=O) groups excluding carboxylic acids is 2. The summed E-state index contributed by atoms with van der Waals surface area (Å²) in [5, 5.41) is 0. The third-order valence-electron chi connectivity index (χ3n) is 6.40. The van der Waals surface area contributed by atoms with Crippen molar-refractivity contribution in [3.63, 3.8) is 0 Å². The number of likely N-dealkylation sites (tertiary alicyclic amines) is 1. The Kier molecular flexibility index (Phi) is 4.82. The number of nitrogens with zero attached hydrogens (tertiary/aromatic N) is 3. The van der Waals surface area contributed by atoms with E-state index in [1.165, 1.54) is 29.3 Å².